The van der Waals surface area contributed by atoms with Gasteiger partial charge in [-0.25, -0.2) is 14.4 Å². The second-order valence-corrected chi connectivity index (χ2v) is 8.25. The summed E-state index contributed by atoms with van der Waals surface area (Å²) in [4.78, 5) is 21.1. The molecule has 10 heteroatoms. The Morgan fingerprint density at radius 2 is 2.03 bits per heavy atom. The van der Waals surface area contributed by atoms with Crippen LogP contribution < -0.4 is 15.4 Å². The maximum atomic E-state index is 13.6. The number of nitrogens with zero attached hydrogens (tertiary/aromatic N) is 2. The van der Waals surface area contributed by atoms with Crippen molar-refractivity contribution in [2.45, 2.75) is 0 Å². The molecule has 0 aliphatic rings. The van der Waals surface area contributed by atoms with Gasteiger partial charge in [-0.3, -0.25) is 4.79 Å². The zero-order valence-corrected chi connectivity index (χ0v) is 19.7. The molecule has 0 atom stereocenters. The summed E-state index contributed by atoms with van der Waals surface area (Å²) >= 11 is 9.16. The number of ether oxygens (including phenoxy) is 1. The molecule has 0 spiro atoms. The van der Waals surface area contributed by atoms with E-state index in [1.54, 1.807) is 36.4 Å². The first-order valence-corrected chi connectivity index (χ1v) is 11.5. The van der Waals surface area contributed by atoms with Crippen molar-refractivity contribution in [2.24, 2.45) is 0 Å². The van der Waals surface area contributed by atoms with E-state index in [1.807, 2.05) is 6.07 Å². The Balaban J connectivity index is 1.56. The average molecular weight is 542 g/mol. The van der Waals surface area contributed by atoms with Crippen molar-refractivity contribution >= 4 is 72.7 Å². The first-order chi connectivity index (χ1) is 16.5. The molecule has 2 bridgehead atoms. The van der Waals surface area contributed by atoms with Crippen molar-refractivity contribution in [1.29, 1.82) is 0 Å². The van der Waals surface area contributed by atoms with E-state index in [1.165, 1.54) is 24.5 Å². The summed E-state index contributed by atoms with van der Waals surface area (Å²) < 4.78 is 25.2. The predicted molar refractivity (Wildman–Crippen MR) is 133 cm³/mol. The van der Waals surface area contributed by atoms with Crippen LogP contribution in [-0.2, 0) is 4.79 Å². The van der Waals surface area contributed by atoms with E-state index in [9.17, 15) is 9.18 Å². The van der Waals surface area contributed by atoms with Crippen LogP contribution in [-0.4, -0.2) is 21.2 Å². The van der Waals surface area contributed by atoms with Crippen molar-refractivity contribution in [1.82, 2.24) is 9.97 Å². The Bertz CT molecular complexity index is 1540. The normalized spacial score (nSPS) is 11.5. The van der Waals surface area contributed by atoms with Crippen LogP contribution in [0.1, 0.15) is 0 Å². The average Bonchev–Trinajstić information content (AvgIpc) is 3.44. The molecular weight excluding hydrogens is 527 g/mol. The number of amides is 1. The van der Waals surface area contributed by atoms with Crippen LogP contribution in [0, 0.1) is 5.82 Å². The summed E-state index contributed by atoms with van der Waals surface area (Å²) in [5.74, 6) is 0.498. The lowest BCUT2D eigenvalue weighted by atomic mass is 10.1. The number of anilines is 3. The van der Waals surface area contributed by atoms with Crippen LogP contribution in [0.15, 0.2) is 71.4 Å². The van der Waals surface area contributed by atoms with Crippen LogP contribution in [0.2, 0.25) is 5.02 Å². The zero-order valence-electron chi connectivity index (χ0n) is 17.3. The molecule has 7 nitrogen and oxygen atoms in total. The highest BCUT2D eigenvalue weighted by atomic mass is 79.9. The molecule has 0 aliphatic carbocycles. The Hall–Kier alpha value is -3.69. The number of carbonyl (C=O) groups excluding carboxylic acids is 1. The number of benzene rings is 3. The number of alkyl halides is 1. The Labute approximate surface area is 206 Å². The van der Waals surface area contributed by atoms with Gasteiger partial charge in [0, 0.05) is 34.6 Å². The first kappa shape index (κ1) is 22.1. The third kappa shape index (κ3) is 4.52. The molecule has 0 radical (unpaired) electrons. The maximum Gasteiger partial charge on any atom is 0.248 e. The minimum Gasteiger partial charge on any atom is -0.453 e. The van der Waals surface area contributed by atoms with Gasteiger partial charge in [-0.2, -0.15) is 0 Å². The van der Waals surface area contributed by atoms with Gasteiger partial charge in [0.2, 0.25) is 5.91 Å². The number of hydrogen-bond acceptors (Lipinski definition) is 6. The van der Waals surface area contributed by atoms with Crippen LogP contribution in [0.25, 0.3) is 22.1 Å². The highest BCUT2D eigenvalue weighted by Gasteiger charge is 2.16. The highest BCUT2D eigenvalue weighted by molar-refractivity contribution is 9.09. The van der Waals surface area contributed by atoms with E-state index < -0.39 is 5.82 Å². The second kappa shape index (κ2) is 9.28. The molecular formula is C24H15BrClFN4O3. The minimum absolute atomic E-state index is 0.0173. The largest absolute Gasteiger partial charge is 0.453 e. The highest BCUT2D eigenvalue weighted by Crippen LogP contribution is 2.39. The molecule has 0 saturated carbocycles. The molecule has 3 aromatic heterocycles. The number of halogens is 3. The van der Waals surface area contributed by atoms with Gasteiger partial charge < -0.3 is 19.8 Å². The lowest BCUT2D eigenvalue weighted by molar-refractivity contribution is -0.111. The molecule has 5 rings (SSSR count). The van der Waals surface area contributed by atoms with Gasteiger partial charge in [0.05, 0.1) is 16.2 Å². The monoisotopic (exact) mass is 540 g/mol. The molecule has 0 fully saturated rings. The maximum absolute atomic E-state index is 13.6. The molecule has 34 heavy (non-hydrogen) atoms. The van der Waals surface area contributed by atoms with Crippen molar-refractivity contribution in [2.75, 3.05) is 16.0 Å². The van der Waals surface area contributed by atoms with Gasteiger partial charge in [0.25, 0.3) is 0 Å². The second-order valence-electron chi connectivity index (χ2n) is 7.20. The van der Waals surface area contributed by atoms with E-state index >= 15 is 0 Å². The fourth-order valence-corrected chi connectivity index (χ4v) is 3.73. The molecule has 1 amide bonds. The quantitative estimate of drug-likeness (QED) is 0.170. The summed E-state index contributed by atoms with van der Waals surface area (Å²) in [6.45, 7) is 0. The number of fused-ring (bicyclic) bond motifs is 3. The van der Waals surface area contributed by atoms with Gasteiger partial charge >= 0.3 is 0 Å². The number of carbonyl (C=O) groups is 1. The Morgan fingerprint density at radius 1 is 1.15 bits per heavy atom. The lowest BCUT2D eigenvalue weighted by Gasteiger charge is -2.14. The van der Waals surface area contributed by atoms with Crippen molar-refractivity contribution in [3.05, 3.63) is 77.9 Å². The van der Waals surface area contributed by atoms with Gasteiger partial charge in [0.15, 0.2) is 17.1 Å². The third-order valence-electron chi connectivity index (χ3n) is 4.90. The number of aromatic nitrogens is 2. The fraction of sp³-hybridized carbons (Fsp3) is 0.0417. The summed E-state index contributed by atoms with van der Waals surface area (Å²) in [6.07, 6.45) is 4.48. The van der Waals surface area contributed by atoms with E-state index in [4.69, 9.17) is 20.8 Å². The summed E-state index contributed by atoms with van der Waals surface area (Å²) in [5.41, 5.74) is 2.78. The van der Waals surface area contributed by atoms with Crippen LogP contribution in [0.5, 0.6) is 11.5 Å². The van der Waals surface area contributed by atoms with Gasteiger partial charge in [-0.15, -0.1) is 0 Å². The molecule has 170 valence electrons. The number of hydrogen-bond donors (Lipinski definition) is 2. The number of nitrogens with one attached hydrogen (secondary N) is 2. The number of rotatable bonds is 7. The molecule has 0 unspecified atom stereocenters. The SMILES string of the molecule is O=C(/C=C/CBr)Nc1cc2c(Nc3ccc(F)c(Cl)c3)ncnc2cc1Oc1cc2ccc1o2. The van der Waals surface area contributed by atoms with E-state index in [0.29, 0.717) is 56.1 Å². The number of allylic oxidation sites excluding steroid dienone is 1. The van der Waals surface area contributed by atoms with Crippen LogP contribution in [0.3, 0.4) is 0 Å². The van der Waals surface area contributed by atoms with Gasteiger partial charge in [-0.1, -0.05) is 33.6 Å². The van der Waals surface area contributed by atoms with E-state index in [-0.39, 0.29) is 10.9 Å². The topological polar surface area (TPSA) is 89.3 Å². The zero-order chi connectivity index (χ0) is 23.7. The third-order valence-corrected chi connectivity index (χ3v) is 5.56. The molecule has 0 aliphatic heterocycles. The van der Waals surface area contributed by atoms with Gasteiger partial charge in [-0.05, 0) is 36.4 Å². The standard InChI is InChI=1S/C24H15BrClFN4O3/c25-7-1-2-23(32)31-19-10-15-18(11-21(19)34-22-9-14-4-6-20(22)33-14)28-12-29-24(15)30-13-3-5-17(27)16(26)8-13/h1-6,8-12H,7H2,(H,31,32)(H,28,29,30)/b2-1+. The Morgan fingerprint density at radius 3 is 2.76 bits per heavy atom. The fourth-order valence-electron chi connectivity index (χ4n) is 3.36. The first-order valence-electron chi connectivity index (χ1n) is 10.0. The molecule has 5 aromatic rings. The van der Waals surface area contributed by atoms with Gasteiger partial charge in [0.1, 0.15) is 23.5 Å². The Kier molecular flexibility index (Phi) is 6.04. The van der Waals surface area contributed by atoms with Crippen molar-refractivity contribution < 1.29 is 18.3 Å². The predicted octanol–water partition coefficient (Wildman–Crippen LogP) is 7.03. The molecule has 2 N–H and O–H groups in total. The van der Waals surface area contributed by atoms with Crippen LogP contribution >= 0.6 is 27.5 Å². The summed E-state index contributed by atoms with van der Waals surface area (Å²) in [6, 6.07) is 13.1. The number of furan rings is 2. The van der Waals surface area contributed by atoms with E-state index in [0.717, 1.165) is 0 Å². The van der Waals surface area contributed by atoms with Crippen molar-refractivity contribution in [3.8, 4) is 11.5 Å². The molecule has 0 saturated heterocycles. The van der Waals surface area contributed by atoms with Crippen molar-refractivity contribution in [3.63, 3.8) is 0 Å². The molecule has 3 heterocycles. The lowest BCUT2D eigenvalue weighted by Crippen LogP contribution is -2.09. The summed E-state index contributed by atoms with van der Waals surface area (Å²) in [5, 5.41) is 7.08. The summed E-state index contributed by atoms with van der Waals surface area (Å²) in [7, 11) is 0. The smallest absolute Gasteiger partial charge is 0.248 e. The minimum atomic E-state index is -0.520. The molecule has 2 aromatic carbocycles. The van der Waals surface area contributed by atoms with Crippen LogP contribution in [0.4, 0.5) is 21.6 Å². The van der Waals surface area contributed by atoms with E-state index in [2.05, 4.69) is 36.5 Å².